The quantitative estimate of drug-likeness (QED) is 0.304. The van der Waals surface area contributed by atoms with Gasteiger partial charge in [0.25, 0.3) is 0 Å². The van der Waals surface area contributed by atoms with Crippen molar-refractivity contribution in [1.82, 2.24) is 19.7 Å². The lowest BCUT2D eigenvalue weighted by Crippen LogP contribution is -2.40. The second-order valence-electron chi connectivity index (χ2n) is 6.96. The fourth-order valence-corrected chi connectivity index (χ4v) is 4.18. The first kappa shape index (κ1) is 21.5. The molecule has 0 aliphatic rings. The molecule has 0 unspecified atom stereocenters. The molecule has 30 heavy (non-hydrogen) atoms. The van der Waals surface area contributed by atoms with Crippen LogP contribution in [0.25, 0.3) is 10.4 Å². The van der Waals surface area contributed by atoms with Crippen LogP contribution in [0.4, 0.5) is 0 Å². The van der Waals surface area contributed by atoms with Gasteiger partial charge >= 0.3 is 0 Å². The van der Waals surface area contributed by atoms with Gasteiger partial charge in [-0.15, -0.1) is 5.10 Å². The van der Waals surface area contributed by atoms with E-state index in [-0.39, 0.29) is 18.0 Å². The number of azide groups is 1. The van der Waals surface area contributed by atoms with E-state index in [0.29, 0.717) is 0 Å². The van der Waals surface area contributed by atoms with Crippen LogP contribution < -0.4 is 4.72 Å². The molecule has 10 heteroatoms. The molecule has 9 nitrogen and oxygen atoms in total. The van der Waals surface area contributed by atoms with E-state index in [1.165, 1.54) is 5.56 Å². The standard InChI is InChI=1S/C20H23N7O2S/c1-16-7-11-20(12-8-16)30(28,29)24-19(13-22-25-21)15-27-14-18(23-26-27)10-9-17-5-3-2-4-6-17/h2-8,11-12,14,19,24H,9-10,13,15H2,1H3/t19-/m0/s1. The third-order valence-corrected chi connectivity index (χ3v) is 6.06. The van der Waals surface area contributed by atoms with Gasteiger partial charge in [0.05, 0.1) is 17.1 Å². The Hall–Kier alpha value is -3.20. The van der Waals surface area contributed by atoms with Gasteiger partial charge in [0.2, 0.25) is 10.0 Å². The van der Waals surface area contributed by atoms with Gasteiger partial charge in [-0.25, -0.2) is 13.1 Å². The number of sulfonamides is 1. The van der Waals surface area contributed by atoms with Gasteiger partial charge in [-0.2, -0.15) is 0 Å². The van der Waals surface area contributed by atoms with Crippen molar-refractivity contribution < 1.29 is 8.42 Å². The molecule has 1 aromatic heterocycles. The molecular formula is C20H23N7O2S. The van der Waals surface area contributed by atoms with Crippen molar-refractivity contribution in [1.29, 1.82) is 0 Å². The highest BCUT2D eigenvalue weighted by Gasteiger charge is 2.20. The molecule has 0 radical (unpaired) electrons. The summed E-state index contributed by atoms with van der Waals surface area (Å²) in [5.41, 5.74) is 11.6. The average molecular weight is 426 g/mol. The molecule has 0 fully saturated rings. The van der Waals surface area contributed by atoms with Crippen LogP contribution in [0.5, 0.6) is 0 Å². The lowest BCUT2D eigenvalue weighted by molar-refractivity contribution is 0.466. The van der Waals surface area contributed by atoms with Crippen molar-refractivity contribution in [2.24, 2.45) is 5.11 Å². The number of rotatable bonds is 10. The molecule has 0 aliphatic heterocycles. The van der Waals surface area contributed by atoms with Crippen molar-refractivity contribution in [2.75, 3.05) is 6.54 Å². The third kappa shape index (κ3) is 6.15. The smallest absolute Gasteiger partial charge is 0.240 e. The molecule has 0 saturated carbocycles. The summed E-state index contributed by atoms with van der Waals surface area (Å²) in [4.78, 5) is 2.90. The maximum absolute atomic E-state index is 12.7. The zero-order valence-corrected chi connectivity index (χ0v) is 17.4. The first-order valence-corrected chi connectivity index (χ1v) is 11.0. The summed E-state index contributed by atoms with van der Waals surface area (Å²) in [6.07, 6.45) is 3.34. The Kier molecular flexibility index (Phi) is 7.18. The summed E-state index contributed by atoms with van der Waals surface area (Å²) in [6.45, 7) is 2.04. The molecule has 3 aromatic rings. The Balaban J connectivity index is 1.66. The van der Waals surface area contributed by atoms with Gasteiger partial charge in [-0.1, -0.05) is 58.4 Å². The molecule has 0 aliphatic carbocycles. The molecule has 1 atom stereocenters. The summed E-state index contributed by atoms with van der Waals surface area (Å²) < 4.78 is 29.5. The maximum atomic E-state index is 12.7. The first-order valence-electron chi connectivity index (χ1n) is 9.49. The molecule has 0 bridgehead atoms. The van der Waals surface area contributed by atoms with E-state index < -0.39 is 16.1 Å². The summed E-state index contributed by atoms with van der Waals surface area (Å²) in [5, 5.41) is 11.8. The van der Waals surface area contributed by atoms with Gasteiger partial charge in [-0.05, 0) is 43.0 Å². The van der Waals surface area contributed by atoms with Crippen LogP contribution >= 0.6 is 0 Å². The number of aromatic nitrogens is 3. The minimum absolute atomic E-state index is 0.0409. The van der Waals surface area contributed by atoms with Gasteiger partial charge in [0, 0.05) is 23.7 Å². The number of benzene rings is 2. The fraction of sp³-hybridized carbons (Fsp3) is 0.300. The number of nitrogens with zero attached hydrogens (tertiary/aromatic N) is 6. The highest BCUT2D eigenvalue weighted by molar-refractivity contribution is 7.89. The van der Waals surface area contributed by atoms with Crippen molar-refractivity contribution in [3.05, 3.63) is 88.1 Å². The Morgan fingerprint density at radius 2 is 1.87 bits per heavy atom. The van der Waals surface area contributed by atoms with Crippen molar-refractivity contribution in [3.8, 4) is 0 Å². The first-order chi connectivity index (χ1) is 14.5. The lowest BCUT2D eigenvalue weighted by atomic mass is 10.1. The van der Waals surface area contributed by atoms with E-state index in [9.17, 15) is 8.42 Å². The van der Waals surface area contributed by atoms with Crippen LogP contribution in [0.1, 0.15) is 16.8 Å². The van der Waals surface area contributed by atoms with Gasteiger partial charge in [0.1, 0.15) is 0 Å². The molecule has 0 amide bonds. The molecule has 2 aromatic carbocycles. The van der Waals surface area contributed by atoms with Gasteiger partial charge < -0.3 is 0 Å². The number of nitrogens with one attached hydrogen (secondary N) is 1. The highest BCUT2D eigenvalue weighted by atomic mass is 32.2. The van der Waals surface area contributed by atoms with Crippen LogP contribution in [0, 0.1) is 6.92 Å². The average Bonchev–Trinajstić information content (AvgIpc) is 3.18. The van der Waals surface area contributed by atoms with Crippen LogP contribution in [0.2, 0.25) is 0 Å². The van der Waals surface area contributed by atoms with Crippen molar-refractivity contribution in [2.45, 2.75) is 37.2 Å². The second kappa shape index (κ2) is 10.0. The minimum Gasteiger partial charge on any atom is -0.251 e. The number of aryl methyl sites for hydroxylation is 3. The van der Waals surface area contributed by atoms with Crippen molar-refractivity contribution in [3.63, 3.8) is 0 Å². The summed E-state index contributed by atoms with van der Waals surface area (Å²) in [7, 11) is -3.76. The molecule has 1 N–H and O–H groups in total. The van der Waals surface area contributed by atoms with Gasteiger partial charge in [0.15, 0.2) is 0 Å². The van der Waals surface area contributed by atoms with Crippen molar-refractivity contribution >= 4 is 10.0 Å². The van der Waals surface area contributed by atoms with E-state index in [1.807, 2.05) is 25.1 Å². The Bertz CT molecular complexity index is 1110. The topological polar surface area (TPSA) is 126 Å². The maximum Gasteiger partial charge on any atom is 0.240 e. The highest BCUT2D eigenvalue weighted by Crippen LogP contribution is 2.11. The molecule has 0 spiro atoms. The van der Waals surface area contributed by atoms with Crippen LogP contribution in [0.3, 0.4) is 0 Å². The molecular weight excluding hydrogens is 402 g/mol. The monoisotopic (exact) mass is 425 g/mol. The Morgan fingerprint density at radius 1 is 1.13 bits per heavy atom. The van der Waals surface area contributed by atoms with Crippen LogP contribution in [-0.4, -0.2) is 36.0 Å². The van der Waals surface area contributed by atoms with Crippen LogP contribution in [0.15, 0.2) is 70.8 Å². The summed E-state index contributed by atoms with van der Waals surface area (Å²) in [6, 6.07) is 16.0. The summed E-state index contributed by atoms with van der Waals surface area (Å²) >= 11 is 0. The van der Waals surface area contributed by atoms with E-state index in [1.54, 1.807) is 35.1 Å². The molecule has 1 heterocycles. The number of hydrogen-bond acceptors (Lipinski definition) is 5. The second-order valence-corrected chi connectivity index (χ2v) is 8.68. The normalized spacial score (nSPS) is 12.3. The zero-order chi connectivity index (χ0) is 21.4. The van der Waals surface area contributed by atoms with Crippen LogP contribution in [-0.2, 0) is 29.4 Å². The van der Waals surface area contributed by atoms with E-state index in [4.69, 9.17) is 5.53 Å². The Labute approximate surface area is 175 Å². The predicted octanol–water partition coefficient (Wildman–Crippen LogP) is 3.03. The Morgan fingerprint density at radius 3 is 2.57 bits per heavy atom. The van der Waals surface area contributed by atoms with E-state index in [2.05, 4.69) is 37.2 Å². The molecule has 0 saturated heterocycles. The van der Waals surface area contributed by atoms with E-state index in [0.717, 1.165) is 24.1 Å². The largest absolute Gasteiger partial charge is 0.251 e. The number of hydrogen-bond donors (Lipinski definition) is 1. The van der Waals surface area contributed by atoms with Gasteiger partial charge in [-0.3, -0.25) is 4.68 Å². The third-order valence-electron chi connectivity index (χ3n) is 4.52. The summed E-state index contributed by atoms with van der Waals surface area (Å²) in [5.74, 6) is 0. The fourth-order valence-electron chi connectivity index (χ4n) is 2.96. The zero-order valence-electron chi connectivity index (χ0n) is 16.6. The predicted molar refractivity (Wildman–Crippen MR) is 113 cm³/mol. The molecule has 156 valence electrons. The lowest BCUT2D eigenvalue weighted by Gasteiger charge is -2.16. The SMILES string of the molecule is Cc1ccc(S(=O)(=O)N[C@@H](CN=[N+]=[N-])Cn2cc(CCc3ccccc3)nn2)cc1. The minimum atomic E-state index is -3.76. The molecule has 3 rings (SSSR count). The van der Waals surface area contributed by atoms with E-state index >= 15 is 0 Å².